The molecule has 0 aromatic heterocycles. The number of hydrogen-bond donors (Lipinski definition) is 1. The third-order valence-corrected chi connectivity index (χ3v) is 3.18. The minimum absolute atomic E-state index is 0.164. The van der Waals surface area contributed by atoms with Gasteiger partial charge in [-0.05, 0) is 18.6 Å². The van der Waals surface area contributed by atoms with Crippen molar-refractivity contribution in [1.29, 1.82) is 5.26 Å². The van der Waals surface area contributed by atoms with E-state index in [-0.39, 0.29) is 23.4 Å². The molecule has 0 aliphatic carbocycles. The van der Waals surface area contributed by atoms with Crippen LogP contribution in [0.4, 0.5) is 0 Å². The zero-order valence-electron chi connectivity index (χ0n) is 9.34. The van der Waals surface area contributed by atoms with Gasteiger partial charge in [0, 0.05) is 6.04 Å². The maximum absolute atomic E-state index is 11.9. The number of carbonyl (C=O) groups is 1. The number of benzene rings is 1. The molecule has 1 amide bonds. The quantitative estimate of drug-likeness (QED) is 0.912. The number of nitrogens with one attached hydrogen (secondary N) is 1. The zero-order chi connectivity index (χ0) is 12.8. The lowest BCUT2D eigenvalue weighted by atomic mass is 10.1. The average molecular weight is 271 g/mol. The van der Waals surface area contributed by atoms with Gasteiger partial charge in [-0.2, -0.15) is 5.26 Å². The van der Waals surface area contributed by atoms with Gasteiger partial charge in [-0.25, -0.2) is 0 Å². The molecular weight excluding hydrogens is 259 g/mol. The highest BCUT2D eigenvalue weighted by Gasteiger charge is 2.15. The minimum Gasteiger partial charge on any atom is -0.348 e. The van der Waals surface area contributed by atoms with Crippen LogP contribution in [-0.4, -0.2) is 11.9 Å². The standard InChI is InChI=1S/C12H12Cl2N2O/c1-2-8(6-7-15)16-12(17)9-4-3-5-10(13)11(9)14/h3-5,8H,2,6H2,1H3,(H,16,17)/t8-/m1/s1. The Morgan fingerprint density at radius 3 is 2.82 bits per heavy atom. The number of halogens is 2. The van der Waals surface area contributed by atoms with Crippen LogP contribution in [0.5, 0.6) is 0 Å². The monoisotopic (exact) mass is 270 g/mol. The molecule has 0 bridgehead atoms. The summed E-state index contributed by atoms with van der Waals surface area (Å²) < 4.78 is 0. The largest absolute Gasteiger partial charge is 0.348 e. The number of carbonyl (C=O) groups excluding carboxylic acids is 1. The van der Waals surface area contributed by atoms with Crippen molar-refractivity contribution in [3.63, 3.8) is 0 Å². The van der Waals surface area contributed by atoms with Gasteiger partial charge in [0.15, 0.2) is 0 Å². The SMILES string of the molecule is CC[C@H](CC#N)NC(=O)c1cccc(Cl)c1Cl. The number of nitrogens with zero attached hydrogens (tertiary/aromatic N) is 1. The van der Waals surface area contributed by atoms with Gasteiger partial charge >= 0.3 is 0 Å². The Labute approximate surface area is 110 Å². The molecule has 3 nitrogen and oxygen atoms in total. The summed E-state index contributed by atoms with van der Waals surface area (Å²) in [5.41, 5.74) is 0.329. The summed E-state index contributed by atoms with van der Waals surface area (Å²) in [5.74, 6) is -0.306. The van der Waals surface area contributed by atoms with E-state index in [9.17, 15) is 4.79 Å². The molecule has 0 heterocycles. The van der Waals surface area contributed by atoms with Gasteiger partial charge in [0.25, 0.3) is 5.91 Å². The zero-order valence-corrected chi connectivity index (χ0v) is 10.8. The second kappa shape index (κ2) is 6.48. The topological polar surface area (TPSA) is 52.9 Å². The van der Waals surface area contributed by atoms with Crippen LogP contribution in [-0.2, 0) is 0 Å². The Balaban J connectivity index is 2.83. The van der Waals surface area contributed by atoms with Crippen molar-refractivity contribution >= 4 is 29.1 Å². The minimum atomic E-state index is -0.306. The number of rotatable bonds is 4. The molecule has 0 saturated carbocycles. The van der Waals surface area contributed by atoms with Gasteiger partial charge < -0.3 is 5.32 Å². The maximum atomic E-state index is 11.9. The predicted molar refractivity (Wildman–Crippen MR) is 68.2 cm³/mol. The van der Waals surface area contributed by atoms with E-state index in [1.54, 1.807) is 18.2 Å². The van der Waals surface area contributed by atoms with Crippen molar-refractivity contribution in [2.45, 2.75) is 25.8 Å². The lowest BCUT2D eigenvalue weighted by Gasteiger charge is -2.14. The Bertz CT molecular complexity index is 454. The highest BCUT2D eigenvalue weighted by atomic mass is 35.5. The van der Waals surface area contributed by atoms with Gasteiger partial charge in [0.05, 0.1) is 28.1 Å². The summed E-state index contributed by atoms with van der Waals surface area (Å²) in [6.07, 6.45) is 0.970. The van der Waals surface area contributed by atoms with E-state index >= 15 is 0 Å². The molecule has 17 heavy (non-hydrogen) atoms. The van der Waals surface area contributed by atoms with E-state index in [0.717, 1.165) is 0 Å². The van der Waals surface area contributed by atoms with Crippen LogP contribution in [0.3, 0.4) is 0 Å². The predicted octanol–water partition coefficient (Wildman–Crippen LogP) is 3.42. The van der Waals surface area contributed by atoms with Gasteiger partial charge in [0.2, 0.25) is 0 Å². The second-order valence-electron chi connectivity index (χ2n) is 3.54. The molecule has 1 atom stereocenters. The van der Waals surface area contributed by atoms with E-state index in [1.807, 2.05) is 13.0 Å². The molecule has 90 valence electrons. The van der Waals surface area contributed by atoms with Crippen LogP contribution in [0.25, 0.3) is 0 Å². The maximum Gasteiger partial charge on any atom is 0.253 e. The van der Waals surface area contributed by atoms with E-state index < -0.39 is 0 Å². The highest BCUT2D eigenvalue weighted by molar-refractivity contribution is 6.43. The first kappa shape index (κ1) is 13.8. The molecule has 1 N–H and O–H groups in total. The van der Waals surface area contributed by atoms with E-state index in [4.69, 9.17) is 28.5 Å². The van der Waals surface area contributed by atoms with Crippen molar-refractivity contribution in [3.8, 4) is 6.07 Å². The van der Waals surface area contributed by atoms with E-state index in [2.05, 4.69) is 5.32 Å². The van der Waals surface area contributed by atoms with Crippen molar-refractivity contribution < 1.29 is 4.79 Å². The fraction of sp³-hybridized carbons (Fsp3) is 0.333. The summed E-state index contributed by atoms with van der Waals surface area (Å²) in [7, 11) is 0. The fourth-order valence-corrected chi connectivity index (χ4v) is 1.74. The third kappa shape index (κ3) is 3.62. The number of hydrogen-bond acceptors (Lipinski definition) is 2. The number of amides is 1. The fourth-order valence-electron chi connectivity index (χ4n) is 1.35. The van der Waals surface area contributed by atoms with Crippen LogP contribution < -0.4 is 5.32 Å². The molecule has 1 aromatic carbocycles. The molecule has 1 aromatic rings. The summed E-state index contributed by atoms with van der Waals surface area (Å²) >= 11 is 11.8. The second-order valence-corrected chi connectivity index (χ2v) is 4.33. The first-order valence-corrected chi connectivity index (χ1v) is 5.97. The highest BCUT2D eigenvalue weighted by Crippen LogP contribution is 2.25. The molecule has 0 radical (unpaired) electrons. The average Bonchev–Trinajstić information content (AvgIpc) is 2.31. The van der Waals surface area contributed by atoms with Gasteiger partial charge in [-0.15, -0.1) is 0 Å². The summed E-state index contributed by atoms with van der Waals surface area (Å²) in [6.45, 7) is 1.90. The normalized spacial score (nSPS) is 11.6. The van der Waals surface area contributed by atoms with Crippen LogP contribution in [0, 0.1) is 11.3 Å². The molecule has 5 heteroatoms. The lowest BCUT2D eigenvalue weighted by Crippen LogP contribution is -2.34. The molecule has 1 rings (SSSR count). The molecule has 0 spiro atoms. The molecule has 0 aliphatic heterocycles. The van der Waals surface area contributed by atoms with Crippen LogP contribution in [0.15, 0.2) is 18.2 Å². The van der Waals surface area contributed by atoms with Crippen molar-refractivity contribution in [1.82, 2.24) is 5.32 Å². The smallest absolute Gasteiger partial charge is 0.253 e. The first-order chi connectivity index (χ1) is 8.10. The van der Waals surface area contributed by atoms with Crippen LogP contribution >= 0.6 is 23.2 Å². The summed E-state index contributed by atoms with van der Waals surface area (Å²) in [4.78, 5) is 11.9. The van der Waals surface area contributed by atoms with Crippen molar-refractivity contribution in [2.75, 3.05) is 0 Å². The summed E-state index contributed by atoms with van der Waals surface area (Å²) in [6, 6.07) is 6.74. The van der Waals surface area contributed by atoms with Crippen molar-refractivity contribution in [3.05, 3.63) is 33.8 Å². The van der Waals surface area contributed by atoms with Crippen LogP contribution in [0.1, 0.15) is 30.1 Å². The van der Waals surface area contributed by atoms with Crippen LogP contribution in [0.2, 0.25) is 10.0 Å². The first-order valence-electron chi connectivity index (χ1n) is 5.22. The summed E-state index contributed by atoms with van der Waals surface area (Å²) in [5, 5.41) is 11.9. The van der Waals surface area contributed by atoms with Crippen molar-refractivity contribution in [2.24, 2.45) is 0 Å². The number of nitriles is 1. The van der Waals surface area contributed by atoms with Gasteiger partial charge in [0.1, 0.15) is 0 Å². The lowest BCUT2D eigenvalue weighted by molar-refractivity contribution is 0.0937. The van der Waals surface area contributed by atoms with Gasteiger partial charge in [-0.3, -0.25) is 4.79 Å². The van der Waals surface area contributed by atoms with Gasteiger partial charge in [-0.1, -0.05) is 36.2 Å². The molecular formula is C12H12Cl2N2O. The molecule has 0 saturated heterocycles. The van der Waals surface area contributed by atoms with E-state index in [1.165, 1.54) is 0 Å². The molecule has 0 aliphatic rings. The Hall–Kier alpha value is -1.24. The Morgan fingerprint density at radius 1 is 1.53 bits per heavy atom. The Morgan fingerprint density at radius 2 is 2.24 bits per heavy atom. The molecule has 0 unspecified atom stereocenters. The molecule has 0 fully saturated rings. The Kier molecular flexibility index (Phi) is 5.27. The van der Waals surface area contributed by atoms with E-state index in [0.29, 0.717) is 17.0 Å². The third-order valence-electron chi connectivity index (χ3n) is 2.36.